The van der Waals surface area contributed by atoms with E-state index in [1.54, 1.807) is 9.80 Å². The topological polar surface area (TPSA) is 49.9 Å². The van der Waals surface area contributed by atoms with Crippen molar-refractivity contribution in [1.82, 2.24) is 9.80 Å². The Hall–Kier alpha value is -1.27. The zero-order chi connectivity index (χ0) is 16.3. The minimum atomic E-state index is -0.498. The fourth-order valence-electron chi connectivity index (χ4n) is 2.19. The van der Waals surface area contributed by atoms with Gasteiger partial charge in [-0.25, -0.2) is 4.79 Å². The lowest BCUT2D eigenvalue weighted by molar-refractivity contribution is -0.132. The number of halogens is 1. The van der Waals surface area contributed by atoms with Crippen molar-refractivity contribution in [1.29, 1.82) is 0 Å². The second-order valence-corrected chi connectivity index (χ2v) is 7.83. The first kappa shape index (κ1) is 17.1. The smallest absolute Gasteiger partial charge is 0.410 e. The number of rotatable bonds is 2. The molecule has 0 saturated carbocycles. The van der Waals surface area contributed by atoms with E-state index in [1.165, 1.54) is 11.3 Å². The van der Waals surface area contributed by atoms with E-state index in [0.29, 0.717) is 36.9 Å². The molecule has 22 heavy (non-hydrogen) atoms. The molecule has 122 valence electrons. The fraction of sp³-hybridized carbons (Fsp3) is 0.600. The van der Waals surface area contributed by atoms with Crippen molar-refractivity contribution in [2.24, 2.45) is 0 Å². The predicted molar refractivity (Wildman–Crippen MR) is 87.4 cm³/mol. The molecule has 2 rings (SSSR count). The van der Waals surface area contributed by atoms with Crippen LogP contribution in [0.15, 0.2) is 11.4 Å². The van der Waals surface area contributed by atoms with Crippen molar-refractivity contribution in [2.45, 2.75) is 32.8 Å². The van der Waals surface area contributed by atoms with Gasteiger partial charge in [-0.05, 0) is 37.8 Å². The quantitative estimate of drug-likeness (QED) is 0.828. The summed E-state index contributed by atoms with van der Waals surface area (Å²) in [4.78, 5) is 27.6. The highest BCUT2D eigenvalue weighted by atomic mass is 35.5. The zero-order valence-electron chi connectivity index (χ0n) is 13.1. The van der Waals surface area contributed by atoms with Gasteiger partial charge in [0.25, 0.3) is 0 Å². The number of thiophene rings is 1. The van der Waals surface area contributed by atoms with Crippen LogP contribution >= 0.6 is 22.9 Å². The van der Waals surface area contributed by atoms with Crippen LogP contribution in [0.2, 0.25) is 4.34 Å². The summed E-state index contributed by atoms with van der Waals surface area (Å²) in [5, 5.41) is 1.90. The van der Waals surface area contributed by atoms with Gasteiger partial charge in [-0.2, -0.15) is 0 Å². The van der Waals surface area contributed by atoms with Crippen LogP contribution in [-0.4, -0.2) is 53.6 Å². The maximum atomic E-state index is 12.2. The summed E-state index contributed by atoms with van der Waals surface area (Å²) in [5.74, 6) is 0.0679. The lowest BCUT2D eigenvalue weighted by Gasteiger charge is -2.35. The van der Waals surface area contributed by atoms with Crippen molar-refractivity contribution >= 4 is 34.9 Å². The maximum Gasteiger partial charge on any atom is 0.410 e. The molecule has 7 heteroatoms. The Bertz CT molecular complexity index is 545. The van der Waals surface area contributed by atoms with Gasteiger partial charge in [0.2, 0.25) is 5.91 Å². The summed E-state index contributed by atoms with van der Waals surface area (Å²) in [7, 11) is 0. The molecule has 1 aromatic rings. The van der Waals surface area contributed by atoms with Gasteiger partial charge in [0.15, 0.2) is 0 Å². The SMILES string of the molecule is CC(C)(C)OC(=O)N1CCN(C(=O)Cc2csc(Cl)c2)CC1. The number of hydrogen-bond acceptors (Lipinski definition) is 4. The van der Waals surface area contributed by atoms with Crippen molar-refractivity contribution < 1.29 is 14.3 Å². The molecular weight excluding hydrogens is 324 g/mol. The first-order chi connectivity index (χ1) is 10.2. The average Bonchev–Trinajstić information content (AvgIpc) is 2.82. The zero-order valence-corrected chi connectivity index (χ0v) is 14.7. The van der Waals surface area contributed by atoms with Crippen molar-refractivity contribution in [3.8, 4) is 0 Å². The van der Waals surface area contributed by atoms with Crippen molar-refractivity contribution in [3.05, 3.63) is 21.3 Å². The molecule has 1 aliphatic heterocycles. The molecule has 2 amide bonds. The highest BCUT2D eigenvalue weighted by Gasteiger charge is 2.27. The van der Waals surface area contributed by atoms with E-state index < -0.39 is 5.60 Å². The van der Waals surface area contributed by atoms with Crippen LogP contribution in [0.5, 0.6) is 0 Å². The van der Waals surface area contributed by atoms with E-state index in [9.17, 15) is 9.59 Å². The fourth-order valence-corrected chi connectivity index (χ4v) is 3.10. The molecule has 0 N–H and O–H groups in total. The van der Waals surface area contributed by atoms with Crippen LogP contribution in [0, 0.1) is 0 Å². The minimum Gasteiger partial charge on any atom is -0.444 e. The van der Waals surface area contributed by atoms with E-state index in [2.05, 4.69) is 0 Å². The van der Waals surface area contributed by atoms with Crippen molar-refractivity contribution in [3.63, 3.8) is 0 Å². The van der Waals surface area contributed by atoms with Gasteiger partial charge < -0.3 is 14.5 Å². The molecule has 0 unspecified atom stereocenters. The summed E-state index contributed by atoms with van der Waals surface area (Å²) in [5.41, 5.74) is 0.442. The number of hydrogen-bond donors (Lipinski definition) is 0. The summed E-state index contributed by atoms with van der Waals surface area (Å²) < 4.78 is 6.03. The molecule has 0 bridgehead atoms. The number of ether oxygens (including phenoxy) is 1. The lowest BCUT2D eigenvalue weighted by Crippen LogP contribution is -2.51. The van der Waals surface area contributed by atoms with E-state index >= 15 is 0 Å². The molecule has 0 atom stereocenters. The molecule has 0 radical (unpaired) electrons. The van der Waals surface area contributed by atoms with E-state index in [-0.39, 0.29) is 12.0 Å². The van der Waals surface area contributed by atoms with Crippen LogP contribution in [0.25, 0.3) is 0 Å². The highest BCUT2D eigenvalue weighted by molar-refractivity contribution is 7.14. The Labute approximate surface area is 139 Å². The van der Waals surface area contributed by atoms with Gasteiger partial charge in [-0.15, -0.1) is 11.3 Å². The van der Waals surface area contributed by atoms with Gasteiger partial charge in [0, 0.05) is 26.2 Å². The van der Waals surface area contributed by atoms with Gasteiger partial charge in [0.1, 0.15) is 5.60 Å². The molecule has 0 aromatic carbocycles. The number of piperazine rings is 1. The number of nitrogens with zero attached hydrogens (tertiary/aromatic N) is 2. The van der Waals surface area contributed by atoms with Gasteiger partial charge >= 0.3 is 6.09 Å². The van der Waals surface area contributed by atoms with Crippen LogP contribution < -0.4 is 0 Å². The van der Waals surface area contributed by atoms with Gasteiger partial charge in [0.05, 0.1) is 10.8 Å². The summed E-state index contributed by atoms with van der Waals surface area (Å²) >= 11 is 7.30. The van der Waals surface area contributed by atoms with Gasteiger partial charge in [-0.1, -0.05) is 11.6 Å². The second kappa shape index (κ2) is 6.87. The Morgan fingerprint density at radius 1 is 1.23 bits per heavy atom. The van der Waals surface area contributed by atoms with Crippen LogP contribution in [-0.2, 0) is 16.0 Å². The lowest BCUT2D eigenvalue weighted by atomic mass is 10.2. The molecule has 0 spiro atoms. The molecule has 2 heterocycles. The Morgan fingerprint density at radius 3 is 2.32 bits per heavy atom. The Balaban J connectivity index is 1.81. The van der Waals surface area contributed by atoms with Gasteiger partial charge in [-0.3, -0.25) is 4.79 Å². The average molecular weight is 345 g/mol. The first-order valence-corrected chi connectivity index (χ1v) is 8.49. The molecule has 1 saturated heterocycles. The number of carbonyl (C=O) groups excluding carboxylic acids is 2. The highest BCUT2D eigenvalue weighted by Crippen LogP contribution is 2.21. The molecular formula is C15H21ClN2O3S. The Kier molecular flexibility index (Phi) is 5.34. The molecule has 0 aliphatic carbocycles. The molecule has 5 nitrogen and oxygen atoms in total. The van der Waals surface area contributed by atoms with Crippen molar-refractivity contribution in [2.75, 3.05) is 26.2 Å². The third-order valence-corrected chi connectivity index (χ3v) is 4.40. The normalized spacial score (nSPS) is 15.8. The van der Waals surface area contributed by atoms with Crippen LogP contribution in [0.3, 0.4) is 0 Å². The summed E-state index contributed by atoms with van der Waals surface area (Å²) in [6.45, 7) is 7.62. The number of amides is 2. The predicted octanol–water partition coefficient (Wildman–Crippen LogP) is 3.02. The first-order valence-electron chi connectivity index (χ1n) is 7.23. The van der Waals surface area contributed by atoms with E-state index in [1.807, 2.05) is 32.2 Å². The minimum absolute atomic E-state index is 0.0679. The maximum absolute atomic E-state index is 12.2. The van der Waals surface area contributed by atoms with Crippen LogP contribution in [0.4, 0.5) is 4.79 Å². The Morgan fingerprint density at radius 2 is 1.82 bits per heavy atom. The van der Waals surface area contributed by atoms with Crippen LogP contribution in [0.1, 0.15) is 26.3 Å². The third kappa shape index (κ3) is 4.88. The molecule has 1 aromatic heterocycles. The van der Waals surface area contributed by atoms with E-state index in [4.69, 9.17) is 16.3 Å². The monoisotopic (exact) mass is 344 g/mol. The summed E-state index contributed by atoms with van der Waals surface area (Å²) in [6, 6.07) is 1.82. The molecule has 1 aliphatic rings. The molecule has 1 fully saturated rings. The standard InChI is InChI=1S/C15H21ClN2O3S/c1-15(2,3)21-14(20)18-6-4-17(5-7-18)13(19)9-11-8-12(16)22-10-11/h8,10H,4-7,9H2,1-3H3. The largest absolute Gasteiger partial charge is 0.444 e. The summed E-state index contributed by atoms with van der Waals surface area (Å²) in [6.07, 6.45) is 0.0413. The van der Waals surface area contributed by atoms with E-state index in [0.717, 1.165) is 5.56 Å². The number of carbonyl (C=O) groups is 2. The second-order valence-electron chi connectivity index (χ2n) is 6.28. The third-order valence-electron chi connectivity index (χ3n) is 3.26.